The van der Waals surface area contributed by atoms with Crippen molar-refractivity contribution in [1.82, 2.24) is 5.32 Å². The molecule has 1 amide bonds. The van der Waals surface area contributed by atoms with Gasteiger partial charge in [-0.1, -0.05) is 31.5 Å². The molecule has 1 fully saturated rings. The molecule has 1 aromatic carbocycles. The molecule has 2 unspecified atom stereocenters. The van der Waals surface area contributed by atoms with Gasteiger partial charge in [0, 0.05) is 11.3 Å². The van der Waals surface area contributed by atoms with Crippen molar-refractivity contribution in [2.24, 2.45) is 0 Å². The molecule has 0 spiro atoms. The van der Waals surface area contributed by atoms with Gasteiger partial charge in [0.05, 0.1) is 0 Å². The van der Waals surface area contributed by atoms with Crippen LogP contribution in [0.5, 0.6) is 5.75 Å². The van der Waals surface area contributed by atoms with Crippen LogP contribution in [0.2, 0.25) is 0 Å². The molecule has 0 bridgehead atoms. The summed E-state index contributed by atoms with van der Waals surface area (Å²) in [7, 11) is 0. The van der Waals surface area contributed by atoms with E-state index in [1.54, 1.807) is 12.1 Å². The number of thioether (sulfide) groups is 1. The summed E-state index contributed by atoms with van der Waals surface area (Å²) in [5.74, 6) is 1.68. The van der Waals surface area contributed by atoms with Gasteiger partial charge >= 0.3 is 6.09 Å². The quantitative estimate of drug-likeness (QED) is 0.906. The maximum Gasteiger partial charge on any atom is 0.412 e. The summed E-state index contributed by atoms with van der Waals surface area (Å²) in [6.07, 6.45) is 3.10. The van der Waals surface area contributed by atoms with Crippen LogP contribution < -0.4 is 10.1 Å². The Labute approximate surface area is 112 Å². The number of para-hydroxylation sites is 1. The van der Waals surface area contributed by atoms with Crippen LogP contribution in [0, 0.1) is 0 Å². The van der Waals surface area contributed by atoms with Crippen LogP contribution in [-0.4, -0.2) is 23.1 Å². The lowest BCUT2D eigenvalue weighted by atomic mass is 10.2. The Morgan fingerprint density at radius 1 is 1.39 bits per heavy atom. The highest BCUT2D eigenvalue weighted by atomic mass is 32.2. The van der Waals surface area contributed by atoms with Crippen LogP contribution in [0.3, 0.4) is 0 Å². The molecule has 3 nitrogen and oxygen atoms in total. The summed E-state index contributed by atoms with van der Waals surface area (Å²) in [6, 6.07) is 9.43. The van der Waals surface area contributed by atoms with Gasteiger partial charge in [0.2, 0.25) is 0 Å². The Hall–Kier alpha value is -1.16. The number of hydrogen-bond acceptors (Lipinski definition) is 3. The molecule has 2 rings (SSSR count). The minimum atomic E-state index is -0.338. The summed E-state index contributed by atoms with van der Waals surface area (Å²) < 4.78 is 5.24. The molecule has 0 saturated heterocycles. The summed E-state index contributed by atoms with van der Waals surface area (Å²) in [6.45, 7) is 2.16. The Morgan fingerprint density at radius 2 is 2.17 bits per heavy atom. The highest BCUT2D eigenvalue weighted by Crippen LogP contribution is 2.29. The zero-order valence-electron chi connectivity index (χ0n) is 10.6. The fourth-order valence-corrected chi connectivity index (χ4v) is 3.48. The molecule has 1 saturated carbocycles. The molecule has 0 heterocycles. The number of ether oxygens (including phenoxy) is 1. The van der Waals surface area contributed by atoms with E-state index in [2.05, 4.69) is 12.2 Å². The van der Waals surface area contributed by atoms with Crippen LogP contribution in [0.1, 0.15) is 26.2 Å². The first-order valence-corrected chi connectivity index (χ1v) is 7.49. The van der Waals surface area contributed by atoms with Crippen molar-refractivity contribution >= 4 is 17.9 Å². The molecule has 0 aromatic heterocycles. The van der Waals surface area contributed by atoms with Crippen LogP contribution >= 0.6 is 11.8 Å². The Balaban J connectivity index is 1.84. The largest absolute Gasteiger partial charge is 0.412 e. The van der Waals surface area contributed by atoms with Crippen LogP contribution in [0.25, 0.3) is 0 Å². The fraction of sp³-hybridized carbons (Fsp3) is 0.500. The SMILES string of the molecule is CCSC1CCCC1NC(=O)Oc1ccccc1. The molecule has 1 N–H and O–H groups in total. The standard InChI is InChI=1S/C14H19NO2S/c1-2-18-13-10-6-9-12(13)15-14(16)17-11-7-4-3-5-8-11/h3-5,7-8,12-13H,2,6,9-10H2,1H3,(H,15,16). The molecular formula is C14H19NO2S. The van der Waals surface area contributed by atoms with E-state index >= 15 is 0 Å². The molecule has 1 aliphatic rings. The molecule has 0 radical (unpaired) electrons. The normalized spacial score (nSPS) is 22.7. The molecule has 1 aromatic rings. The second-order valence-corrected chi connectivity index (χ2v) is 5.89. The molecular weight excluding hydrogens is 246 g/mol. The Bertz CT molecular complexity index is 383. The molecule has 2 atom stereocenters. The first kappa shape index (κ1) is 13.3. The van der Waals surface area contributed by atoms with Gasteiger partial charge in [0.25, 0.3) is 0 Å². The lowest BCUT2D eigenvalue weighted by molar-refractivity contribution is 0.196. The van der Waals surface area contributed by atoms with Gasteiger partial charge in [-0.15, -0.1) is 0 Å². The zero-order valence-corrected chi connectivity index (χ0v) is 11.4. The van der Waals surface area contributed by atoms with Gasteiger partial charge in [0.15, 0.2) is 0 Å². The highest BCUT2D eigenvalue weighted by molar-refractivity contribution is 7.99. The van der Waals surface area contributed by atoms with Gasteiger partial charge in [-0.3, -0.25) is 0 Å². The summed E-state index contributed by atoms with van der Waals surface area (Å²) in [5, 5.41) is 3.52. The zero-order chi connectivity index (χ0) is 12.8. The lowest BCUT2D eigenvalue weighted by Gasteiger charge is -2.19. The van der Waals surface area contributed by atoms with Crippen molar-refractivity contribution in [3.05, 3.63) is 30.3 Å². The van der Waals surface area contributed by atoms with E-state index in [9.17, 15) is 4.79 Å². The summed E-state index contributed by atoms with van der Waals surface area (Å²) >= 11 is 1.93. The van der Waals surface area contributed by atoms with Crippen LogP contribution in [-0.2, 0) is 0 Å². The van der Waals surface area contributed by atoms with Crippen molar-refractivity contribution in [2.75, 3.05) is 5.75 Å². The average molecular weight is 265 g/mol. The topological polar surface area (TPSA) is 38.3 Å². The number of nitrogens with one attached hydrogen (secondary N) is 1. The van der Waals surface area contributed by atoms with E-state index in [0.717, 1.165) is 12.2 Å². The maximum atomic E-state index is 11.8. The molecule has 0 aliphatic heterocycles. The first-order chi connectivity index (χ1) is 8.79. The Morgan fingerprint density at radius 3 is 2.89 bits per heavy atom. The van der Waals surface area contributed by atoms with Gasteiger partial charge < -0.3 is 10.1 Å². The van der Waals surface area contributed by atoms with E-state index in [0.29, 0.717) is 11.0 Å². The first-order valence-electron chi connectivity index (χ1n) is 6.44. The fourth-order valence-electron chi connectivity index (χ4n) is 2.28. The number of amides is 1. The average Bonchev–Trinajstić information content (AvgIpc) is 2.78. The third-order valence-electron chi connectivity index (χ3n) is 3.09. The van der Waals surface area contributed by atoms with Gasteiger partial charge in [-0.2, -0.15) is 11.8 Å². The van der Waals surface area contributed by atoms with E-state index < -0.39 is 0 Å². The van der Waals surface area contributed by atoms with Gasteiger partial charge in [-0.25, -0.2) is 4.79 Å². The van der Waals surface area contributed by atoms with Gasteiger partial charge in [-0.05, 0) is 30.7 Å². The van der Waals surface area contributed by atoms with Crippen LogP contribution in [0.4, 0.5) is 4.79 Å². The molecule has 18 heavy (non-hydrogen) atoms. The van der Waals surface area contributed by atoms with E-state index in [4.69, 9.17) is 4.74 Å². The minimum absolute atomic E-state index is 0.256. The lowest BCUT2D eigenvalue weighted by Crippen LogP contribution is -2.40. The third kappa shape index (κ3) is 3.67. The maximum absolute atomic E-state index is 11.8. The van der Waals surface area contributed by atoms with E-state index in [1.165, 1.54) is 12.8 Å². The number of rotatable bonds is 4. The summed E-state index contributed by atoms with van der Waals surface area (Å²) in [4.78, 5) is 11.8. The molecule has 4 heteroatoms. The third-order valence-corrected chi connectivity index (χ3v) is 4.42. The van der Waals surface area contributed by atoms with E-state index in [-0.39, 0.29) is 12.1 Å². The van der Waals surface area contributed by atoms with Crippen molar-refractivity contribution in [1.29, 1.82) is 0 Å². The smallest absolute Gasteiger partial charge is 0.410 e. The van der Waals surface area contributed by atoms with Crippen molar-refractivity contribution < 1.29 is 9.53 Å². The van der Waals surface area contributed by atoms with Crippen LogP contribution in [0.15, 0.2) is 30.3 Å². The monoisotopic (exact) mass is 265 g/mol. The second kappa shape index (κ2) is 6.69. The second-order valence-electron chi connectivity index (χ2n) is 4.38. The summed E-state index contributed by atoms with van der Waals surface area (Å²) in [5.41, 5.74) is 0. The highest BCUT2D eigenvalue weighted by Gasteiger charge is 2.28. The molecule has 98 valence electrons. The predicted molar refractivity (Wildman–Crippen MR) is 75.2 cm³/mol. The number of carbonyl (C=O) groups is 1. The molecule has 1 aliphatic carbocycles. The van der Waals surface area contributed by atoms with Crippen molar-refractivity contribution in [2.45, 2.75) is 37.5 Å². The van der Waals surface area contributed by atoms with E-state index in [1.807, 2.05) is 30.0 Å². The number of carbonyl (C=O) groups excluding carboxylic acids is 1. The van der Waals surface area contributed by atoms with Gasteiger partial charge in [0.1, 0.15) is 5.75 Å². The Kier molecular flexibility index (Phi) is 4.93. The minimum Gasteiger partial charge on any atom is -0.410 e. The number of benzene rings is 1. The number of hydrogen-bond donors (Lipinski definition) is 1. The van der Waals surface area contributed by atoms with Crippen molar-refractivity contribution in [3.63, 3.8) is 0 Å². The van der Waals surface area contributed by atoms with Crippen molar-refractivity contribution in [3.8, 4) is 5.75 Å². The predicted octanol–water partition coefficient (Wildman–Crippen LogP) is 3.45.